The average Bonchev–Trinajstić information content (AvgIpc) is 3.06. The zero-order valence-corrected chi connectivity index (χ0v) is 26.5. The van der Waals surface area contributed by atoms with Gasteiger partial charge < -0.3 is 14.6 Å². The average molecular weight is 597 g/mol. The molecule has 1 aromatic carbocycles. The first-order valence-electron chi connectivity index (χ1n) is 17.8. The van der Waals surface area contributed by atoms with Gasteiger partial charge in [-0.1, -0.05) is 77.0 Å². The second-order valence-corrected chi connectivity index (χ2v) is 13.6. The van der Waals surface area contributed by atoms with E-state index in [-0.39, 0.29) is 16.9 Å². The summed E-state index contributed by atoms with van der Waals surface area (Å²) in [7, 11) is 0. The van der Waals surface area contributed by atoms with Crippen LogP contribution in [0.4, 0.5) is 0 Å². The van der Waals surface area contributed by atoms with Crippen LogP contribution in [0.15, 0.2) is 18.2 Å². The zero-order chi connectivity index (χ0) is 29.9. The highest BCUT2D eigenvalue weighted by atomic mass is 16.5. The molecule has 0 bridgehead atoms. The van der Waals surface area contributed by atoms with Crippen LogP contribution in [-0.4, -0.2) is 77.3 Å². The fourth-order valence-electron chi connectivity index (χ4n) is 8.46. The number of ether oxygens (including phenoxy) is 2. The highest BCUT2D eigenvalue weighted by Crippen LogP contribution is 2.31. The highest BCUT2D eigenvalue weighted by Gasteiger charge is 2.30. The lowest BCUT2D eigenvalue weighted by atomic mass is 9.88. The van der Waals surface area contributed by atoms with E-state index in [1.165, 1.54) is 141 Å². The first-order chi connectivity index (χ1) is 21.1. The lowest BCUT2D eigenvalue weighted by Gasteiger charge is -2.41. The van der Waals surface area contributed by atoms with Crippen molar-refractivity contribution < 1.29 is 24.2 Å². The molecule has 0 unspecified atom stereocenters. The summed E-state index contributed by atoms with van der Waals surface area (Å²) in [4.78, 5) is 31.0. The molecule has 0 aliphatic heterocycles. The third-order valence-corrected chi connectivity index (χ3v) is 10.8. The molecular formula is C36H56N2O5. The van der Waals surface area contributed by atoms with Gasteiger partial charge in [0.1, 0.15) is 24.5 Å². The third kappa shape index (κ3) is 9.20. The van der Waals surface area contributed by atoms with E-state index in [0.717, 1.165) is 13.1 Å². The fourth-order valence-corrected chi connectivity index (χ4v) is 8.46. The van der Waals surface area contributed by atoms with Gasteiger partial charge in [-0.3, -0.25) is 9.80 Å². The van der Waals surface area contributed by atoms with Crippen LogP contribution in [0.25, 0.3) is 0 Å². The van der Waals surface area contributed by atoms with Crippen molar-refractivity contribution in [2.24, 2.45) is 0 Å². The van der Waals surface area contributed by atoms with Gasteiger partial charge >= 0.3 is 11.9 Å². The van der Waals surface area contributed by atoms with Gasteiger partial charge in [0.25, 0.3) is 0 Å². The molecular weight excluding hydrogens is 540 g/mol. The monoisotopic (exact) mass is 596 g/mol. The molecule has 240 valence electrons. The van der Waals surface area contributed by atoms with Crippen molar-refractivity contribution in [2.45, 2.75) is 153 Å². The van der Waals surface area contributed by atoms with Crippen LogP contribution in [-0.2, 0) is 9.47 Å². The summed E-state index contributed by atoms with van der Waals surface area (Å²) in [5.74, 6) is -1.24. The molecule has 7 heteroatoms. The van der Waals surface area contributed by atoms with Crippen molar-refractivity contribution in [1.82, 2.24) is 9.80 Å². The van der Waals surface area contributed by atoms with Crippen LogP contribution in [0.3, 0.4) is 0 Å². The number of phenols is 1. The lowest BCUT2D eigenvalue weighted by Crippen LogP contribution is -2.46. The first-order valence-corrected chi connectivity index (χ1v) is 17.8. The maximum Gasteiger partial charge on any atom is 0.341 e. The maximum atomic E-state index is 12.9. The SMILES string of the molecule is O=C(OCCN(C1CCCCC1)C1CCCCC1)c1ccc(C(=O)OCCN(C2CCCCC2)C2CCCCC2)c(O)c1. The molecule has 4 aliphatic rings. The predicted molar refractivity (Wildman–Crippen MR) is 170 cm³/mol. The Morgan fingerprint density at radius 1 is 0.581 bits per heavy atom. The molecule has 0 spiro atoms. The molecule has 1 N–H and O–H groups in total. The summed E-state index contributed by atoms with van der Waals surface area (Å²) in [5, 5.41) is 10.7. The highest BCUT2D eigenvalue weighted by molar-refractivity contribution is 5.96. The van der Waals surface area contributed by atoms with E-state index < -0.39 is 11.9 Å². The van der Waals surface area contributed by atoms with Gasteiger partial charge in [-0.2, -0.15) is 0 Å². The number of hydrogen-bond acceptors (Lipinski definition) is 7. The molecule has 4 fully saturated rings. The predicted octanol–water partition coefficient (Wildman–Crippen LogP) is 7.64. The summed E-state index contributed by atoms with van der Waals surface area (Å²) >= 11 is 0. The zero-order valence-electron chi connectivity index (χ0n) is 26.5. The molecule has 0 radical (unpaired) electrons. The van der Waals surface area contributed by atoms with E-state index in [4.69, 9.17) is 9.47 Å². The van der Waals surface area contributed by atoms with E-state index in [1.807, 2.05) is 0 Å². The standard InChI is InChI=1S/C36H56N2O5/c39-34-27-28(35(40)42-25-23-37(29-13-5-1-6-14-29)30-15-7-2-8-16-30)21-22-33(34)36(41)43-26-24-38(31-17-9-3-10-18-31)32-19-11-4-12-20-32/h21-22,27,29-32,39H,1-20,23-26H2. The minimum absolute atomic E-state index is 0.0965. The van der Waals surface area contributed by atoms with Crippen molar-refractivity contribution in [3.8, 4) is 5.75 Å². The lowest BCUT2D eigenvalue weighted by molar-refractivity contribution is 0.0281. The first kappa shape index (κ1) is 32.3. The second-order valence-electron chi connectivity index (χ2n) is 13.6. The van der Waals surface area contributed by atoms with Crippen molar-refractivity contribution in [3.05, 3.63) is 29.3 Å². The van der Waals surface area contributed by atoms with Gasteiger partial charge in [0.2, 0.25) is 0 Å². The van der Waals surface area contributed by atoms with E-state index in [9.17, 15) is 14.7 Å². The Morgan fingerprint density at radius 3 is 1.33 bits per heavy atom. The van der Waals surface area contributed by atoms with E-state index >= 15 is 0 Å². The van der Waals surface area contributed by atoms with Crippen LogP contribution in [0.1, 0.15) is 149 Å². The van der Waals surface area contributed by atoms with E-state index in [1.54, 1.807) is 6.07 Å². The van der Waals surface area contributed by atoms with Gasteiger partial charge in [-0.05, 0) is 69.6 Å². The minimum Gasteiger partial charge on any atom is -0.507 e. The molecule has 4 aliphatic carbocycles. The number of benzene rings is 1. The quantitative estimate of drug-likeness (QED) is 0.248. The number of rotatable bonds is 12. The molecule has 0 saturated heterocycles. The molecule has 0 atom stereocenters. The minimum atomic E-state index is -0.541. The van der Waals surface area contributed by atoms with Crippen LogP contribution in [0.2, 0.25) is 0 Å². The fraction of sp³-hybridized carbons (Fsp3) is 0.778. The van der Waals surface area contributed by atoms with Crippen LogP contribution in [0, 0.1) is 0 Å². The van der Waals surface area contributed by atoms with Crippen molar-refractivity contribution in [3.63, 3.8) is 0 Å². The maximum absolute atomic E-state index is 12.9. The number of aromatic hydroxyl groups is 1. The summed E-state index contributed by atoms with van der Waals surface area (Å²) in [6.07, 6.45) is 25.6. The number of carbonyl (C=O) groups excluding carboxylic acids is 2. The number of nitrogens with zero attached hydrogens (tertiary/aromatic N) is 2. The van der Waals surface area contributed by atoms with Crippen LogP contribution < -0.4 is 0 Å². The Bertz CT molecular complexity index is 971. The molecule has 4 saturated carbocycles. The Hall–Kier alpha value is -2.12. The van der Waals surface area contributed by atoms with Crippen molar-refractivity contribution in [1.29, 1.82) is 0 Å². The smallest absolute Gasteiger partial charge is 0.341 e. The van der Waals surface area contributed by atoms with Crippen LogP contribution in [0.5, 0.6) is 5.75 Å². The molecule has 0 amide bonds. The third-order valence-electron chi connectivity index (χ3n) is 10.8. The number of hydrogen-bond donors (Lipinski definition) is 1. The Balaban J connectivity index is 1.10. The van der Waals surface area contributed by atoms with Gasteiger partial charge in [-0.25, -0.2) is 9.59 Å². The van der Waals surface area contributed by atoms with Gasteiger partial charge in [0.15, 0.2) is 0 Å². The Kier molecular flexibility index (Phi) is 12.6. The normalized spacial score (nSPS) is 21.7. The Labute approximate surface area is 259 Å². The second kappa shape index (κ2) is 16.8. The summed E-state index contributed by atoms with van der Waals surface area (Å²) in [6, 6.07) is 6.78. The summed E-state index contributed by atoms with van der Waals surface area (Å²) < 4.78 is 11.4. The molecule has 7 nitrogen and oxygen atoms in total. The largest absolute Gasteiger partial charge is 0.507 e. The molecule has 0 aromatic heterocycles. The summed E-state index contributed by atoms with van der Waals surface area (Å²) in [6.45, 7) is 2.16. The molecule has 5 rings (SSSR count). The summed E-state index contributed by atoms with van der Waals surface area (Å²) in [5.41, 5.74) is 0.357. The van der Waals surface area contributed by atoms with Crippen molar-refractivity contribution in [2.75, 3.05) is 26.3 Å². The molecule has 43 heavy (non-hydrogen) atoms. The van der Waals surface area contributed by atoms with Crippen molar-refractivity contribution >= 4 is 11.9 Å². The van der Waals surface area contributed by atoms with E-state index in [2.05, 4.69) is 9.80 Å². The van der Waals surface area contributed by atoms with Gasteiger partial charge in [0, 0.05) is 37.3 Å². The van der Waals surface area contributed by atoms with Crippen LogP contribution >= 0.6 is 0 Å². The number of phenolic OH excluding ortho intramolecular Hbond substituents is 1. The number of carbonyl (C=O) groups is 2. The topological polar surface area (TPSA) is 79.3 Å². The number of esters is 2. The Morgan fingerprint density at radius 2 is 0.953 bits per heavy atom. The van der Waals surface area contributed by atoms with Gasteiger partial charge in [-0.15, -0.1) is 0 Å². The van der Waals surface area contributed by atoms with E-state index in [0.29, 0.717) is 37.4 Å². The molecule has 0 heterocycles. The molecule has 1 aromatic rings. The van der Waals surface area contributed by atoms with Gasteiger partial charge in [0.05, 0.1) is 5.56 Å².